The second-order valence-corrected chi connectivity index (χ2v) is 13.2. The van der Waals surface area contributed by atoms with Crippen LogP contribution in [0.25, 0.3) is 0 Å². The molecule has 0 heterocycles. The van der Waals surface area contributed by atoms with Crippen LogP contribution in [0.4, 0.5) is 9.59 Å². The van der Waals surface area contributed by atoms with Crippen molar-refractivity contribution in [2.24, 2.45) is 34.5 Å². The molecule has 0 spiro atoms. The number of ketones is 2. The van der Waals surface area contributed by atoms with E-state index in [4.69, 9.17) is 18.9 Å². The van der Waals surface area contributed by atoms with Crippen molar-refractivity contribution in [1.29, 1.82) is 0 Å². The fourth-order valence-corrected chi connectivity index (χ4v) is 8.35. The maximum absolute atomic E-state index is 13.9. The summed E-state index contributed by atoms with van der Waals surface area (Å²) in [5.41, 5.74) is -1.65. The third kappa shape index (κ3) is 5.42. The molecule has 0 aromatic heterocycles. The number of fused-ring (bicyclic) bond motifs is 5. The van der Waals surface area contributed by atoms with Gasteiger partial charge in [0.1, 0.15) is 0 Å². The van der Waals surface area contributed by atoms with Crippen molar-refractivity contribution in [3.05, 3.63) is 11.6 Å². The first kappa shape index (κ1) is 30.5. The van der Waals surface area contributed by atoms with E-state index >= 15 is 0 Å². The molecular formula is C31H46O9. The van der Waals surface area contributed by atoms with Crippen LogP contribution in [0.15, 0.2) is 11.6 Å². The van der Waals surface area contributed by atoms with Crippen molar-refractivity contribution in [2.45, 2.75) is 104 Å². The average Bonchev–Trinajstić information content (AvgIpc) is 3.18. The highest BCUT2D eigenvalue weighted by Crippen LogP contribution is 2.68. The van der Waals surface area contributed by atoms with E-state index in [-0.39, 0.29) is 60.9 Å². The predicted molar refractivity (Wildman–Crippen MR) is 145 cm³/mol. The summed E-state index contributed by atoms with van der Waals surface area (Å²) in [4.78, 5) is 51.2. The van der Waals surface area contributed by atoms with E-state index in [1.165, 1.54) is 0 Å². The predicted octanol–water partition coefficient (Wildman–Crippen LogP) is 5.56. The van der Waals surface area contributed by atoms with E-state index in [0.29, 0.717) is 25.7 Å². The molecule has 40 heavy (non-hydrogen) atoms. The van der Waals surface area contributed by atoms with E-state index in [2.05, 4.69) is 6.92 Å². The minimum atomic E-state index is -1.61. The molecule has 0 aromatic carbocycles. The molecule has 3 fully saturated rings. The van der Waals surface area contributed by atoms with Gasteiger partial charge in [0.05, 0.1) is 19.3 Å². The van der Waals surface area contributed by atoms with Gasteiger partial charge in [-0.2, -0.15) is 0 Å². The monoisotopic (exact) mass is 562 g/mol. The zero-order valence-electron chi connectivity index (χ0n) is 24.7. The molecule has 9 nitrogen and oxygen atoms in total. The number of Topliss-reactive ketones (excluding diaryl/α,β-unsaturated/α-hetero) is 1. The molecule has 0 saturated heterocycles. The van der Waals surface area contributed by atoms with Gasteiger partial charge in [-0.05, 0) is 80.1 Å². The third-order valence-electron chi connectivity index (χ3n) is 10.3. The Kier molecular flexibility index (Phi) is 9.03. The molecule has 0 unspecified atom stereocenters. The summed E-state index contributed by atoms with van der Waals surface area (Å²) in [7, 11) is 0. The summed E-state index contributed by atoms with van der Waals surface area (Å²) in [6, 6.07) is 0. The molecule has 0 bridgehead atoms. The summed E-state index contributed by atoms with van der Waals surface area (Å²) >= 11 is 0. The van der Waals surface area contributed by atoms with Crippen molar-refractivity contribution in [3.63, 3.8) is 0 Å². The van der Waals surface area contributed by atoms with Gasteiger partial charge in [-0.1, -0.05) is 46.6 Å². The number of hydrogen-bond donors (Lipinski definition) is 1. The summed E-state index contributed by atoms with van der Waals surface area (Å²) in [6.45, 7) is 9.59. The van der Waals surface area contributed by atoms with Crippen molar-refractivity contribution in [2.75, 3.05) is 19.8 Å². The zero-order chi connectivity index (χ0) is 29.3. The fourth-order valence-electron chi connectivity index (χ4n) is 8.35. The Hall–Kier alpha value is -2.42. The van der Waals surface area contributed by atoms with Crippen LogP contribution in [0.3, 0.4) is 0 Å². The number of ether oxygens (including phenoxy) is 4. The molecule has 0 amide bonds. The topological polar surface area (TPSA) is 125 Å². The number of carbonyl (C=O) groups excluding carboxylic acids is 4. The molecule has 0 aliphatic heterocycles. The molecule has 4 aliphatic carbocycles. The molecule has 224 valence electrons. The maximum atomic E-state index is 13.9. The lowest BCUT2D eigenvalue weighted by Gasteiger charge is -2.60. The molecule has 0 radical (unpaired) electrons. The Balaban J connectivity index is 1.62. The van der Waals surface area contributed by atoms with Crippen molar-refractivity contribution < 1.29 is 43.2 Å². The number of unbranched alkanes of at least 4 members (excludes halogenated alkanes) is 1. The van der Waals surface area contributed by atoms with Gasteiger partial charge in [-0.25, -0.2) is 9.59 Å². The zero-order valence-corrected chi connectivity index (χ0v) is 24.7. The molecular weight excluding hydrogens is 516 g/mol. The lowest BCUT2D eigenvalue weighted by Crippen LogP contribution is -2.63. The van der Waals surface area contributed by atoms with Gasteiger partial charge in [0, 0.05) is 11.8 Å². The van der Waals surface area contributed by atoms with Crippen molar-refractivity contribution in [3.8, 4) is 0 Å². The van der Waals surface area contributed by atoms with Gasteiger partial charge >= 0.3 is 12.3 Å². The second-order valence-electron chi connectivity index (χ2n) is 13.2. The molecule has 4 aliphatic rings. The SMILES string of the molecule is CCCCOC(=O)O[C@]1(C(=O)COC(=O)OCC(C)C)CC[C@H]2[C@@H]3CCC4=CC(=O)CC[C@]4(C)[C@H]3[C@@H](O)C[C@@]21C. The van der Waals surface area contributed by atoms with Crippen LogP contribution in [0, 0.1) is 34.5 Å². The highest BCUT2D eigenvalue weighted by Gasteiger charge is 2.70. The molecule has 7 atom stereocenters. The van der Waals surface area contributed by atoms with E-state index in [9.17, 15) is 24.3 Å². The minimum absolute atomic E-state index is 0.00260. The highest BCUT2D eigenvalue weighted by molar-refractivity contribution is 5.93. The van der Waals surface area contributed by atoms with Crippen LogP contribution in [0.2, 0.25) is 0 Å². The maximum Gasteiger partial charge on any atom is 0.509 e. The largest absolute Gasteiger partial charge is 0.509 e. The summed E-state index contributed by atoms with van der Waals surface area (Å²) in [6.07, 6.45) is 4.54. The van der Waals surface area contributed by atoms with Crippen LogP contribution in [0.1, 0.15) is 92.4 Å². The van der Waals surface area contributed by atoms with Crippen LogP contribution in [-0.4, -0.2) is 60.5 Å². The normalized spacial score (nSPS) is 36.6. The summed E-state index contributed by atoms with van der Waals surface area (Å²) in [5, 5.41) is 11.7. The van der Waals surface area contributed by atoms with Crippen LogP contribution in [0.5, 0.6) is 0 Å². The average molecular weight is 563 g/mol. The molecule has 9 heteroatoms. The Morgan fingerprint density at radius 3 is 2.50 bits per heavy atom. The van der Waals surface area contributed by atoms with E-state index in [1.807, 2.05) is 27.7 Å². The molecule has 0 aromatic rings. The van der Waals surface area contributed by atoms with Gasteiger partial charge in [-0.3, -0.25) is 9.59 Å². The molecule has 4 rings (SSSR count). The van der Waals surface area contributed by atoms with Crippen molar-refractivity contribution >= 4 is 23.9 Å². The first-order valence-electron chi connectivity index (χ1n) is 15.0. The van der Waals surface area contributed by atoms with E-state index in [1.54, 1.807) is 6.08 Å². The minimum Gasteiger partial charge on any atom is -0.434 e. The third-order valence-corrected chi connectivity index (χ3v) is 10.3. The summed E-state index contributed by atoms with van der Waals surface area (Å²) < 4.78 is 21.5. The van der Waals surface area contributed by atoms with Crippen molar-refractivity contribution in [1.82, 2.24) is 0 Å². The van der Waals surface area contributed by atoms with Gasteiger partial charge < -0.3 is 24.1 Å². The number of aliphatic hydroxyl groups excluding tert-OH is 1. The first-order valence-corrected chi connectivity index (χ1v) is 15.0. The van der Waals surface area contributed by atoms with E-state index in [0.717, 1.165) is 24.8 Å². The lowest BCUT2D eigenvalue weighted by molar-refractivity contribution is -0.187. The number of carbonyl (C=O) groups is 4. The Labute approximate surface area is 237 Å². The number of allylic oxidation sites excluding steroid dienone is 1. The van der Waals surface area contributed by atoms with Gasteiger partial charge in [0.15, 0.2) is 18.0 Å². The Bertz CT molecular complexity index is 1030. The highest BCUT2D eigenvalue weighted by atomic mass is 16.7. The Morgan fingerprint density at radius 1 is 1.05 bits per heavy atom. The smallest absolute Gasteiger partial charge is 0.434 e. The Morgan fingerprint density at radius 2 is 1.80 bits per heavy atom. The van der Waals surface area contributed by atoms with Crippen LogP contribution in [-0.2, 0) is 28.5 Å². The fraction of sp³-hybridized carbons (Fsp3) is 0.806. The van der Waals surface area contributed by atoms with Crippen LogP contribution < -0.4 is 0 Å². The van der Waals surface area contributed by atoms with Crippen LogP contribution >= 0.6 is 0 Å². The quantitative estimate of drug-likeness (QED) is 0.284. The molecule has 3 saturated carbocycles. The first-order chi connectivity index (χ1) is 18.9. The second kappa shape index (κ2) is 11.8. The van der Waals surface area contributed by atoms with Gasteiger partial charge in [0.2, 0.25) is 5.78 Å². The van der Waals surface area contributed by atoms with Gasteiger partial charge in [0.25, 0.3) is 0 Å². The number of hydrogen-bond acceptors (Lipinski definition) is 9. The summed E-state index contributed by atoms with van der Waals surface area (Å²) in [5.74, 6) is -0.232. The van der Waals surface area contributed by atoms with Gasteiger partial charge in [-0.15, -0.1) is 0 Å². The molecule has 1 N–H and O–H groups in total. The standard InChI is InChI=1S/C31H46O9/c1-6-7-14-37-28(36)40-31(25(34)18-39-27(35)38-17-19(2)3)13-11-23-22-9-8-20-15-21(32)10-12-29(20,4)26(22)24(33)16-30(23,31)5/h15,19,22-24,26,33H,6-14,16-18H2,1-5H3/t22-,23-,24-,26+,29-,30-,31-/m0/s1. The number of rotatable bonds is 9. The number of aliphatic hydroxyl groups is 1. The van der Waals surface area contributed by atoms with E-state index < -0.39 is 41.8 Å². The lowest BCUT2D eigenvalue weighted by atomic mass is 9.45.